The lowest BCUT2D eigenvalue weighted by atomic mass is 9.86. The van der Waals surface area contributed by atoms with Gasteiger partial charge in [-0.1, -0.05) is 13.8 Å². The minimum absolute atomic E-state index is 0.0976. The summed E-state index contributed by atoms with van der Waals surface area (Å²) in [5.74, 6) is 1.31. The first kappa shape index (κ1) is 30.4. The molecule has 1 aromatic carbocycles. The number of benzene rings is 1. The van der Waals surface area contributed by atoms with E-state index < -0.39 is 15.6 Å². The summed E-state index contributed by atoms with van der Waals surface area (Å²) in [5, 5.41) is 3.95. The maximum Gasteiger partial charge on any atom is 0.407 e. The first-order chi connectivity index (χ1) is 17.7. The summed E-state index contributed by atoms with van der Waals surface area (Å²) in [6.07, 6.45) is 5.66. The second-order valence-electron chi connectivity index (χ2n) is 11.8. The molecule has 1 saturated carbocycles. The van der Waals surface area contributed by atoms with Crippen LogP contribution in [0.2, 0.25) is 0 Å². The summed E-state index contributed by atoms with van der Waals surface area (Å²) in [6.45, 7) is 13.9. The lowest BCUT2D eigenvalue weighted by Crippen LogP contribution is -2.40. The lowest BCUT2D eigenvalue weighted by Gasteiger charge is -2.28. The maximum atomic E-state index is 13.4. The highest BCUT2D eigenvalue weighted by Crippen LogP contribution is 2.40. The molecule has 212 valence electrons. The Hall–Kier alpha value is -2.17. The Kier molecular flexibility index (Phi) is 10.2. The number of nitrogens with zero attached hydrogens (tertiary/aromatic N) is 1. The second kappa shape index (κ2) is 12.8. The van der Waals surface area contributed by atoms with Gasteiger partial charge in [0, 0.05) is 35.3 Å². The van der Waals surface area contributed by atoms with Crippen LogP contribution in [-0.4, -0.2) is 43.8 Å². The molecule has 1 amide bonds. The number of thiazole rings is 1. The number of carbonyl (C=O) groups is 1. The van der Waals surface area contributed by atoms with Gasteiger partial charge in [-0.25, -0.2) is 22.9 Å². The summed E-state index contributed by atoms with van der Waals surface area (Å²) in [7, 11) is -3.81. The van der Waals surface area contributed by atoms with Gasteiger partial charge in [-0.2, -0.15) is 0 Å². The number of nitrogens with one attached hydrogen (secondary N) is 2. The van der Waals surface area contributed by atoms with Crippen molar-refractivity contribution in [2.75, 3.05) is 6.61 Å². The van der Waals surface area contributed by atoms with Crippen molar-refractivity contribution in [3.63, 3.8) is 0 Å². The van der Waals surface area contributed by atoms with E-state index in [2.05, 4.69) is 23.9 Å². The zero-order valence-corrected chi connectivity index (χ0v) is 25.3. The van der Waals surface area contributed by atoms with Gasteiger partial charge in [-0.3, -0.25) is 0 Å². The van der Waals surface area contributed by atoms with Crippen LogP contribution in [0.4, 0.5) is 4.79 Å². The highest BCUT2D eigenvalue weighted by Gasteiger charge is 2.29. The monoisotopic (exact) mass is 565 g/mol. The van der Waals surface area contributed by atoms with Gasteiger partial charge in [0.15, 0.2) is 0 Å². The molecule has 1 fully saturated rings. The van der Waals surface area contributed by atoms with E-state index in [0.29, 0.717) is 23.8 Å². The number of alkyl carbamates (subject to hydrolysis) is 1. The molecule has 0 unspecified atom stereocenters. The Balaban J connectivity index is 1.79. The Labute approximate surface area is 232 Å². The fourth-order valence-electron chi connectivity index (χ4n) is 4.39. The summed E-state index contributed by atoms with van der Waals surface area (Å²) < 4.78 is 40.8. The number of hydrogen-bond donors (Lipinski definition) is 2. The van der Waals surface area contributed by atoms with Crippen molar-refractivity contribution in [1.82, 2.24) is 15.0 Å². The highest BCUT2D eigenvalue weighted by molar-refractivity contribution is 7.89. The topological polar surface area (TPSA) is 107 Å². The van der Waals surface area contributed by atoms with Crippen molar-refractivity contribution < 1.29 is 22.7 Å². The third-order valence-electron chi connectivity index (χ3n) is 6.18. The number of amides is 1. The van der Waals surface area contributed by atoms with Crippen LogP contribution in [-0.2, 0) is 14.8 Å². The van der Waals surface area contributed by atoms with E-state index in [9.17, 15) is 13.2 Å². The molecule has 3 rings (SSSR count). The molecule has 2 aromatic rings. The van der Waals surface area contributed by atoms with Crippen LogP contribution in [0, 0.1) is 5.92 Å². The summed E-state index contributed by atoms with van der Waals surface area (Å²) in [6, 6.07) is 5.37. The summed E-state index contributed by atoms with van der Waals surface area (Å²) in [5.41, 5.74) is -0.00827. The zero-order valence-electron chi connectivity index (χ0n) is 23.7. The molecule has 0 atom stereocenters. The van der Waals surface area contributed by atoms with Gasteiger partial charge >= 0.3 is 6.09 Å². The Morgan fingerprint density at radius 2 is 1.82 bits per heavy atom. The molecule has 8 nitrogen and oxygen atoms in total. The average Bonchev–Trinajstić information content (AvgIpc) is 3.27. The zero-order chi connectivity index (χ0) is 28.1. The SMILES string of the molecule is CC(C)CCOc1ccc(-c2cnc([C@H]3CC[C@H](NC(=O)OC(C)C)CC3)s2)c(S(=O)(=O)NC(C)(C)C)c1. The van der Waals surface area contributed by atoms with Crippen LogP contribution in [0.3, 0.4) is 0 Å². The van der Waals surface area contributed by atoms with E-state index in [-0.39, 0.29) is 29.1 Å². The molecule has 10 heteroatoms. The van der Waals surface area contributed by atoms with Crippen LogP contribution in [0.15, 0.2) is 29.3 Å². The van der Waals surface area contributed by atoms with Crippen LogP contribution in [0.1, 0.15) is 91.5 Å². The molecule has 1 heterocycles. The highest BCUT2D eigenvalue weighted by atomic mass is 32.2. The largest absolute Gasteiger partial charge is 0.494 e. The first-order valence-corrected chi connectivity index (χ1v) is 15.8. The smallest absolute Gasteiger partial charge is 0.407 e. The minimum atomic E-state index is -3.81. The van der Waals surface area contributed by atoms with E-state index in [1.807, 2.05) is 46.8 Å². The van der Waals surface area contributed by atoms with Crippen molar-refractivity contribution in [2.24, 2.45) is 5.92 Å². The van der Waals surface area contributed by atoms with Crippen molar-refractivity contribution in [3.8, 4) is 16.2 Å². The van der Waals surface area contributed by atoms with Gasteiger partial charge in [0.05, 0.1) is 27.5 Å². The molecule has 38 heavy (non-hydrogen) atoms. The van der Waals surface area contributed by atoms with E-state index in [0.717, 1.165) is 42.0 Å². The Morgan fingerprint density at radius 3 is 2.42 bits per heavy atom. The van der Waals surface area contributed by atoms with E-state index >= 15 is 0 Å². The number of carbonyl (C=O) groups excluding carboxylic acids is 1. The predicted octanol–water partition coefficient (Wildman–Crippen LogP) is 6.47. The molecule has 0 saturated heterocycles. The van der Waals surface area contributed by atoms with E-state index in [1.165, 1.54) is 11.3 Å². The molecular weight excluding hydrogens is 522 g/mol. The minimum Gasteiger partial charge on any atom is -0.494 e. The van der Waals surface area contributed by atoms with Gasteiger partial charge in [-0.05, 0) is 84.8 Å². The third-order valence-corrected chi connectivity index (χ3v) is 9.17. The van der Waals surface area contributed by atoms with Crippen molar-refractivity contribution >= 4 is 27.5 Å². The molecule has 1 aromatic heterocycles. The quantitative estimate of drug-likeness (QED) is 0.342. The van der Waals surface area contributed by atoms with Gasteiger partial charge in [0.25, 0.3) is 0 Å². The molecule has 1 aliphatic carbocycles. The molecule has 2 N–H and O–H groups in total. The molecule has 1 aliphatic rings. The normalized spacial score (nSPS) is 18.6. The number of rotatable bonds is 10. The van der Waals surface area contributed by atoms with Gasteiger partial charge < -0.3 is 14.8 Å². The fraction of sp³-hybridized carbons (Fsp3) is 0.643. The van der Waals surface area contributed by atoms with Crippen LogP contribution < -0.4 is 14.8 Å². The lowest BCUT2D eigenvalue weighted by molar-refractivity contribution is 0.109. The van der Waals surface area contributed by atoms with Gasteiger partial charge in [-0.15, -0.1) is 11.3 Å². The Morgan fingerprint density at radius 1 is 1.13 bits per heavy atom. The average molecular weight is 566 g/mol. The number of ether oxygens (including phenoxy) is 2. The summed E-state index contributed by atoms with van der Waals surface area (Å²) >= 11 is 1.54. The van der Waals surface area contributed by atoms with Crippen molar-refractivity contribution in [3.05, 3.63) is 29.4 Å². The predicted molar refractivity (Wildman–Crippen MR) is 152 cm³/mol. The summed E-state index contributed by atoms with van der Waals surface area (Å²) in [4.78, 5) is 17.6. The molecule has 0 spiro atoms. The Bertz CT molecular complexity index is 1180. The molecule has 0 bridgehead atoms. The van der Waals surface area contributed by atoms with Crippen LogP contribution in [0.25, 0.3) is 10.4 Å². The molecular formula is C28H43N3O5S2. The number of hydrogen-bond acceptors (Lipinski definition) is 7. The maximum absolute atomic E-state index is 13.4. The third kappa shape index (κ3) is 8.95. The van der Waals surface area contributed by atoms with E-state index in [1.54, 1.807) is 12.3 Å². The van der Waals surface area contributed by atoms with Crippen molar-refractivity contribution in [2.45, 2.75) is 109 Å². The van der Waals surface area contributed by atoms with Gasteiger partial charge in [0.1, 0.15) is 5.75 Å². The molecule has 0 radical (unpaired) electrons. The number of aromatic nitrogens is 1. The van der Waals surface area contributed by atoms with Gasteiger partial charge in [0.2, 0.25) is 10.0 Å². The number of sulfonamides is 1. The van der Waals surface area contributed by atoms with Crippen LogP contribution >= 0.6 is 11.3 Å². The second-order valence-corrected chi connectivity index (χ2v) is 14.5. The van der Waals surface area contributed by atoms with Crippen LogP contribution in [0.5, 0.6) is 5.75 Å². The fourth-order valence-corrected chi connectivity index (χ4v) is 7.24. The standard InChI is InChI=1S/C28H43N3O5S2/c1-18(2)14-15-35-22-12-13-23(25(16-22)38(33,34)31-28(5,6)7)24-17-29-26(37-24)20-8-10-21(11-9-20)30-27(32)36-19(3)4/h12-13,16-21,31H,8-11,14-15H2,1-7H3,(H,30,32)/t20-,21-. The van der Waals surface area contributed by atoms with E-state index in [4.69, 9.17) is 14.5 Å². The molecule has 0 aliphatic heterocycles. The van der Waals surface area contributed by atoms with Crippen molar-refractivity contribution in [1.29, 1.82) is 0 Å². The first-order valence-electron chi connectivity index (χ1n) is 13.5.